The van der Waals surface area contributed by atoms with E-state index in [9.17, 15) is 4.79 Å². The Morgan fingerprint density at radius 1 is 0.931 bits per heavy atom. The minimum absolute atomic E-state index is 0.0582. The summed E-state index contributed by atoms with van der Waals surface area (Å²) in [6, 6.07) is 26.1. The second kappa shape index (κ2) is 8.05. The van der Waals surface area contributed by atoms with Crippen LogP contribution in [0.4, 0.5) is 5.13 Å². The van der Waals surface area contributed by atoms with Crippen molar-refractivity contribution in [2.75, 3.05) is 11.9 Å². The van der Waals surface area contributed by atoms with E-state index in [1.54, 1.807) is 0 Å². The second-order valence-electron chi connectivity index (χ2n) is 7.34. The number of carbonyl (C=O) groups excluding carboxylic acids is 1. The monoisotopic (exact) mass is 402 g/mol. The van der Waals surface area contributed by atoms with Gasteiger partial charge in [0.1, 0.15) is 5.75 Å². The van der Waals surface area contributed by atoms with Crippen LogP contribution in [0, 0.1) is 0 Å². The zero-order chi connectivity index (χ0) is 20.3. The van der Waals surface area contributed by atoms with Crippen LogP contribution in [-0.4, -0.2) is 17.5 Å². The Labute approximate surface area is 174 Å². The molecule has 29 heavy (non-hydrogen) atoms. The van der Waals surface area contributed by atoms with Crippen molar-refractivity contribution in [3.05, 3.63) is 90.0 Å². The lowest BCUT2D eigenvalue weighted by molar-refractivity contribution is -0.118. The average molecular weight is 403 g/mol. The third kappa shape index (κ3) is 4.30. The highest BCUT2D eigenvalue weighted by Crippen LogP contribution is 2.32. The second-order valence-corrected chi connectivity index (χ2v) is 8.37. The van der Waals surface area contributed by atoms with Crippen LogP contribution in [0.15, 0.2) is 78.9 Å². The van der Waals surface area contributed by atoms with Crippen LogP contribution in [0.3, 0.4) is 0 Å². The number of para-hydroxylation sites is 1. The summed E-state index contributed by atoms with van der Waals surface area (Å²) in [5.41, 5.74) is 3.22. The number of hydrogen-bond donors (Lipinski definition) is 1. The number of carbonyl (C=O) groups is 1. The van der Waals surface area contributed by atoms with Crippen molar-refractivity contribution in [2.24, 2.45) is 0 Å². The number of rotatable bonds is 6. The van der Waals surface area contributed by atoms with Gasteiger partial charge in [-0.1, -0.05) is 79.8 Å². The van der Waals surface area contributed by atoms with Gasteiger partial charge in [-0.15, -0.1) is 0 Å². The van der Waals surface area contributed by atoms with Crippen LogP contribution >= 0.6 is 11.3 Å². The zero-order valence-electron chi connectivity index (χ0n) is 16.4. The minimum atomic E-state index is -0.224. The predicted molar refractivity (Wildman–Crippen MR) is 119 cm³/mol. The van der Waals surface area contributed by atoms with Crippen LogP contribution in [0.5, 0.6) is 5.75 Å². The smallest absolute Gasteiger partial charge is 0.264 e. The topological polar surface area (TPSA) is 51.2 Å². The fourth-order valence-corrected chi connectivity index (χ4v) is 4.10. The molecule has 1 N–H and O–H groups in total. The first-order valence-corrected chi connectivity index (χ1v) is 10.3. The first-order valence-electron chi connectivity index (χ1n) is 9.47. The normalized spacial score (nSPS) is 11.4. The van der Waals surface area contributed by atoms with Gasteiger partial charge in [0.15, 0.2) is 11.7 Å². The van der Waals surface area contributed by atoms with Crippen molar-refractivity contribution in [3.63, 3.8) is 0 Å². The molecule has 0 saturated heterocycles. The molecule has 3 aromatic carbocycles. The van der Waals surface area contributed by atoms with Gasteiger partial charge in [0.25, 0.3) is 5.91 Å². The highest BCUT2D eigenvalue weighted by atomic mass is 32.1. The SMILES string of the molecule is CC(C)(c1ccccc1)c1ccc(OCC(=O)Nc2nc3ccccc3s2)cc1. The van der Waals surface area contributed by atoms with E-state index < -0.39 is 0 Å². The van der Waals surface area contributed by atoms with Gasteiger partial charge in [-0.05, 0) is 35.4 Å². The predicted octanol–water partition coefficient (Wildman–Crippen LogP) is 5.64. The number of benzene rings is 3. The first kappa shape index (κ1) is 19.2. The van der Waals surface area contributed by atoms with Gasteiger partial charge in [-0.3, -0.25) is 10.1 Å². The van der Waals surface area contributed by atoms with E-state index in [1.807, 2.05) is 54.6 Å². The van der Waals surface area contributed by atoms with E-state index in [1.165, 1.54) is 22.5 Å². The van der Waals surface area contributed by atoms with Gasteiger partial charge in [-0.2, -0.15) is 0 Å². The van der Waals surface area contributed by atoms with Crippen molar-refractivity contribution in [2.45, 2.75) is 19.3 Å². The Morgan fingerprint density at radius 2 is 1.59 bits per heavy atom. The molecule has 0 aliphatic rings. The highest BCUT2D eigenvalue weighted by Gasteiger charge is 2.22. The van der Waals surface area contributed by atoms with Crippen molar-refractivity contribution in [3.8, 4) is 5.75 Å². The number of amides is 1. The maximum absolute atomic E-state index is 12.2. The van der Waals surface area contributed by atoms with Gasteiger partial charge >= 0.3 is 0 Å². The van der Waals surface area contributed by atoms with E-state index in [4.69, 9.17) is 4.74 Å². The van der Waals surface area contributed by atoms with Crippen molar-refractivity contribution < 1.29 is 9.53 Å². The molecular formula is C24H22N2O2S. The number of anilines is 1. The summed E-state index contributed by atoms with van der Waals surface area (Å²) in [7, 11) is 0. The molecule has 0 radical (unpaired) electrons. The fraction of sp³-hybridized carbons (Fsp3) is 0.167. The summed E-state index contributed by atoms with van der Waals surface area (Å²) in [6.45, 7) is 4.34. The lowest BCUT2D eigenvalue weighted by Gasteiger charge is -2.26. The average Bonchev–Trinajstić information content (AvgIpc) is 3.15. The molecule has 0 bridgehead atoms. The Morgan fingerprint density at radius 3 is 2.31 bits per heavy atom. The summed E-state index contributed by atoms with van der Waals surface area (Å²) in [5.74, 6) is 0.440. The Bertz CT molecular complexity index is 1090. The summed E-state index contributed by atoms with van der Waals surface area (Å²) in [4.78, 5) is 16.6. The molecular weight excluding hydrogens is 380 g/mol. The number of nitrogens with zero attached hydrogens (tertiary/aromatic N) is 1. The Hall–Kier alpha value is -3.18. The summed E-state index contributed by atoms with van der Waals surface area (Å²) in [5, 5.41) is 3.39. The number of aromatic nitrogens is 1. The van der Waals surface area contributed by atoms with Gasteiger partial charge in [0.05, 0.1) is 10.2 Å². The van der Waals surface area contributed by atoms with E-state index in [0.717, 1.165) is 10.2 Å². The summed E-state index contributed by atoms with van der Waals surface area (Å²) < 4.78 is 6.69. The van der Waals surface area contributed by atoms with Gasteiger partial charge in [-0.25, -0.2) is 4.98 Å². The Balaban J connectivity index is 1.37. The molecule has 0 fully saturated rings. The fourth-order valence-electron chi connectivity index (χ4n) is 3.22. The zero-order valence-corrected chi connectivity index (χ0v) is 17.2. The van der Waals surface area contributed by atoms with E-state index in [2.05, 4.69) is 48.4 Å². The molecule has 4 nitrogen and oxygen atoms in total. The molecule has 4 aromatic rings. The van der Waals surface area contributed by atoms with Crippen LogP contribution in [0.1, 0.15) is 25.0 Å². The lowest BCUT2D eigenvalue weighted by Crippen LogP contribution is -2.20. The quantitative estimate of drug-likeness (QED) is 0.454. The van der Waals surface area contributed by atoms with Crippen LogP contribution in [-0.2, 0) is 10.2 Å². The van der Waals surface area contributed by atoms with Crippen molar-refractivity contribution >= 4 is 32.6 Å². The standard InChI is InChI=1S/C24H22N2O2S/c1-24(2,17-8-4-3-5-9-17)18-12-14-19(15-13-18)28-16-22(27)26-23-25-20-10-6-7-11-21(20)29-23/h3-15H,16H2,1-2H3,(H,25,26,27). The number of ether oxygens (including phenoxy) is 1. The maximum Gasteiger partial charge on any atom is 0.264 e. The molecule has 5 heteroatoms. The molecule has 1 amide bonds. The highest BCUT2D eigenvalue weighted by molar-refractivity contribution is 7.22. The molecule has 0 aliphatic heterocycles. The third-order valence-corrected chi connectivity index (χ3v) is 5.93. The van der Waals surface area contributed by atoms with E-state index in [-0.39, 0.29) is 17.9 Å². The first-order chi connectivity index (χ1) is 14.0. The van der Waals surface area contributed by atoms with Gasteiger partial charge < -0.3 is 4.74 Å². The number of thiazole rings is 1. The molecule has 0 unspecified atom stereocenters. The van der Waals surface area contributed by atoms with E-state index in [0.29, 0.717) is 10.9 Å². The van der Waals surface area contributed by atoms with Crippen LogP contribution in [0.2, 0.25) is 0 Å². The summed E-state index contributed by atoms with van der Waals surface area (Å²) in [6.07, 6.45) is 0. The largest absolute Gasteiger partial charge is 0.484 e. The number of fused-ring (bicyclic) bond motifs is 1. The molecule has 1 heterocycles. The van der Waals surface area contributed by atoms with E-state index >= 15 is 0 Å². The number of hydrogen-bond acceptors (Lipinski definition) is 4. The lowest BCUT2D eigenvalue weighted by atomic mass is 9.78. The number of nitrogens with one attached hydrogen (secondary N) is 1. The Kier molecular flexibility index (Phi) is 5.32. The molecule has 146 valence electrons. The van der Waals surface area contributed by atoms with Crippen LogP contribution < -0.4 is 10.1 Å². The van der Waals surface area contributed by atoms with Crippen molar-refractivity contribution in [1.82, 2.24) is 4.98 Å². The van der Waals surface area contributed by atoms with Gasteiger partial charge in [0.2, 0.25) is 0 Å². The van der Waals surface area contributed by atoms with Crippen molar-refractivity contribution in [1.29, 1.82) is 0 Å². The minimum Gasteiger partial charge on any atom is -0.484 e. The van der Waals surface area contributed by atoms with Crippen LogP contribution in [0.25, 0.3) is 10.2 Å². The molecule has 0 saturated carbocycles. The molecule has 4 rings (SSSR count). The molecule has 0 spiro atoms. The third-order valence-electron chi connectivity index (χ3n) is 4.98. The van der Waals surface area contributed by atoms with Gasteiger partial charge in [0, 0.05) is 5.41 Å². The molecule has 0 aliphatic carbocycles. The molecule has 1 aromatic heterocycles. The molecule has 0 atom stereocenters. The summed E-state index contributed by atoms with van der Waals surface area (Å²) >= 11 is 1.45. The maximum atomic E-state index is 12.2.